The van der Waals surface area contributed by atoms with Crippen LogP contribution in [0, 0.1) is 11.6 Å². The van der Waals surface area contributed by atoms with E-state index in [1.165, 1.54) is 80.7 Å². The van der Waals surface area contributed by atoms with Gasteiger partial charge >= 0.3 is 0 Å². The van der Waals surface area contributed by atoms with Crippen molar-refractivity contribution in [2.45, 2.75) is 45.4 Å². The Labute approximate surface area is 315 Å². The zero-order valence-corrected chi connectivity index (χ0v) is 31.9. The maximum atomic E-state index is 14.2. The zero-order valence-electron chi connectivity index (χ0n) is 30.3. The molecule has 0 saturated carbocycles. The van der Waals surface area contributed by atoms with Crippen molar-refractivity contribution in [3.8, 4) is 22.9 Å². The molecule has 52 heavy (non-hydrogen) atoms. The largest absolute Gasteiger partial charge is 1.00 e. The van der Waals surface area contributed by atoms with Crippen LogP contribution in [0.15, 0.2) is 65.6 Å². The Kier molecular flexibility index (Phi) is 13.3. The molecule has 1 amide bonds. The second-order valence-electron chi connectivity index (χ2n) is 13.8. The molecule has 4 heterocycles. The second kappa shape index (κ2) is 17.7. The van der Waals surface area contributed by atoms with E-state index in [4.69, 9.17) is 14.2 Å². The molecule has 9 nitrogen and oxygen atoms in total. The number of benzene rings is 3. The third-order valence-corrected chi connectivity index (χ3v) is 10.4. The summed E-state index contributed by atoms with van der Waals surface area (Å²) in [6, 6.07) is 13.4. The quantitative estimate of drug-likeness (QED) is 0.127. The molecule has 7 rings (SSSR count). The lowest BCUT2D eigenvalue weighted by molar-refractivity contribution is -0.941. The number of ether oxygens (including phenoxy) is 3. The van der Waals surface area contributed by atoms with Crippen LogP contribution in [-0.4, -0.2) is 93.0 Å². The van der Waals surface area contributed by atoms with Crippen LogP contribution < -0.4 is 41.5 Å². The summed E-state index contributed by atoms with van der Waals surface area (Å²) in [6.07, 6.45) is 7.67. The van der Waals surface area contributed by atoms with Crippen molar-refractivity contribution in [2.75, 3.05) is 78.1 Å². The minimum absolute atomic E-state index is 0. The van der Waals surface area contributed by atoms with Gasteiger partial charge < -0.3 is 45.1 Å². The second-order valence-corrected chi connectivity index (χ2v) is 13.8. The summed E-state index contributed by atoms with van der Waals surface area (Å²) in [6.45, 7) is 11.5. The molecule has 0 radical (unpaired) electrons. The van der Waals surface area contributed by atoms with E-state index in [1.807, 2.05) is 6.92 Å². The monoisotopic (exact) mass is 782 g/mol. The number of amides is 1. The zero-order chi connectivity index (χ0) is 36.0. The summed E-state index contributed by atoms with van der Waals surface area (Å²) in [5.74, 6) is -0.661. The summed E-state index contributed by atoms with van der Waals surface area (Å²) >= 11 is 0. The van der Waals surface area contributed by atoms with Gasteiger partial charge in [0.2, 0.25) is 5.43 Å². The fraction of sp³-hybridized carbons (Fsp3) is 0.450. The summed E-state index contributed by atoms with van der Waals surface area (Å²) in [5.41, 5.74) is 0.490. The van der Waals surface area contributed by atoms with Gasteiger partial charge in [0.25, 0.3) is 5.91 Å². The van der Waals surface area contributed by atoms with Crippen molar-refractivity contribution in [3.05, 3.63) is 88.2 Å². The maximum absolute atomic E-state index is 14.2. The molecule has 0 N–H and O–H groups in total. The Bertz CT molecular complexity index is 1860. The number of hydrogen-bond donors (Lipinski definition) is 0. The molecule has 0 atom stereocenters. The van der Waals surface area contributed by atoms with Crippen LogP contribution in [0.3, 0.4) is 0 Å². The van der Waals surface area contributed by atoms with Crippen LogP contribution in [0.5, 0.6) is 17.2 Å². The molecule has 12 heteroatoms. The van der Waals surface area contributed by atoms with Crippen LogP contribution in [0.25, 0.3) is 16.6 Å². The van der Waals surface area contributed by atoms with Gasteiger partial charge in [0.05, 0.1) is 58.2 Å². The first-order valence-electron chi connectivity index (χ1n) is 18.1. The molecule has 0 unspecified atom stereocenters. The van der Waals surface area contributed by atoms with Gasteiger partial charge in [0, 0.05) is 73.8 Å². The SMILES string of the molecule is CCCN(C(=O)c1cn(-c2cc(OC)cc(OC)c2)c2cc(OCCCCCCC[N+]34CCN(CC3)CC4)ccc2c1=O)c1cc(F)cc(F)c1.[Br-]. The van der Waals surface area contributed by atoms with Crippen molar-refractivity contribution in [1.29, 1.82) is 0 Å². The summed E-state index contributed by atoms with van der Waals surface area (Å²) in [7, 11) is 3.09. The van der Waals surface area contributed by atoms with Crippen molar-refractivity contribution in [1.82, 2.24) is 9.47 Å². The fourth-order valence-corrected chi connectivity index (χ4v) is 7.44. The van der Waals surface area contributed by atoms with Gasteiger partial charge in [-0.1, -0.05) is 19.8 Å². The van der Waals surface area contributed by atoms with E-state index in [1.54, 1.807) is 55.2 Å². The smallest absolute Gasteiger partial charge is 0.263 e. The Balaban J connectivity index is 0.00000523. The van der Waals surface area contributed by atoms with Crippen LogP contribution >= 0.6 is 0 Å². The molecular weight excluding hydrogens is 734 g/mol. The molecule has 280 valence electrons. The fourth-order valence-electron chi connectivity index (χ4n) is 7.44. The van der Waals surface area contributed by atoms with Crippen LogP contribution in [0.2, 0.25) is 0 Å². The number of quaternary nitrogens is 1. The van der Waals surface area contributed by atoms with E-state index in [9.17, 15) is 18.4 Å². The molecule has 4 aromatic rings. The van der Waals surface area contributed by atoms with Crippen LogP contribution in [0.4, 0.5) is 14.5 Å². The van der Waals surface area contributed by atoms with Crippen LogP contribution in [-0.2, 0) is 0 Å². The van der Waals surface area contributed by atoms with Crippen molar-refractivity contribution in [2.24, 2.45) is 0 Å². The number of halogens is 3. The average molecular weight is 784 g/mol. The first-order chi connectivity index (χ1) is 24.7. The molecule has 3 saturated heterocycles. The molecule has 3 aliphatic rings. The third kappa shape index (κ3) is 8.95. The van der Waals surface area contributed by atoms with E-state index in [0.29, 0.717) is 46.9 Å². The minimum atomic E-state index is -0.815. The topological polar surface area (TPSA) is 73.2 Å². The molecule has 1 aromatic heterocycles. The van der Waals surface area contributed by atoms with E-state index < -0.39 is 23.0 Å². The Morgan fingerprint density at radius 1 is 0.827 bits per heavy atom. The number of methoxy groups -OCH3 is 2. The Hall–Kier alpha value is -4.00. The van der Waals surface area contributed by atoms with Gasteiger partial charge in [0.1, 0.15) is 34.4 Å². The molecule has 3 aliphatic heterocycles. The first kappa shape index (κ1) is 39.2. The number of rotatable bonds is 16. The predicted molar refractivity (Wildman–Crippen MR) is 196 cm³/mol. The average Bonchev–Trinajstić information content (AvgIpc) is 3.14. The third-order valence-electron chi connectivity index (χ3n) is 10.4. The number of unbranched alkanes of at least 4 members (excludes halogenated alkanes) is 4. The van der Waals surface area contributed by atoms with Gasteiger partial charge in [0.15, 0.2) is 0 Å². The van der Waals surface area contributed by atoms with E-state index in [-0.39, 0.29) is 34.8 Å². The van der Waals surface area contributed by atoms with Gasteiger partial charge in [-0.3, -0.25) is 14.5 Å². The normalized spacial score (nSPS) is 17.8. The number of nitrogens with zero attached hydrogens (tertiary/aromatic N) is 4. The predicted octanol–water partition coefficient (Wildman–Crippen LogP) is 3.82. The number of aromatic nitrogens is 1. The summed E-state index contributed by atoms with van der Waals surface area (Å²) < 4.78 is 48.7. The highest BCUT2D eigenvalue weighted by Crippen LogP contribution is 2.30. The molecule has 3 fully saturated rings. The minimum Gasteiger partial charge on any atom is -1.00 e. The van der Waals surface area contributed by atoms with E-state index >= 15 is 0 Å². The highest BCUT2D eigenvalue weighted by Gasteiger charge is 2.37. The number of piperazine rings is 3. The Morgan fingerprint density at radius 2 is 1.46 bits per heavy atom. The first-order valence-corrected chi connectivity index (χ1v) is 18.1. The molecule has 0 spiro atoms. The van der Waals surface area contributed by atoms with Gasteiger partial charge in [-0.25, -0.2) is 8.78 Å². The highest BCUT2D eigenvalue weighted by atomic mass is 79.9. The number of anilines is 1. The lowest BCUT2D eigenvalue weighted by Gasteiger charge is -2.50. The molecule has 2 bridgehead atoms. The lowest BCUT2D eigenvalue weighted by Crippen LogP contribution is -3.00. The number of pyridine rings is 1. The van der Waals surface area contributed by atoms with E-state index in [2.05, 4.69) is 4.90 Å². The van der Waals surface area contributed by atoms with Gasteiger partial charge in [-0.2, -0.15) is 0 Å². The van der Waals surface area contributed by atoms with Crippen LogP contribution in [0.1, 0.15) is 55.8 Å². The van der Waals surface area contributed by atoms with Gasteiger partial charge in [-0.15, -0.1) is 0 Å². The molecule has 0 aliphatic carbocycles. The van der Waals surface area contributed by atoms with Gasteiger partial charge in [-0.05, 0) is 49.9 Å². The van der Waals surface area contributed by atoms with Crippen molar-refractivity contribution >= 4 is 22.5 Å². The van der Waals surface area contributed by atoms with Crippen molar-refractivity contribution in [3.63, 3.8) is 0 Å². The summed E-state index contributed by atoms with van der Waals surface area (Å²) in [4.78, 5) is 31.9. The van der Waals surface area contributed by atoms with E-state index in [0.717, 1.165) is 31.0 Å². The van der Waals surface area contributed by atoms with Crippen molar-refractivity contribution < 1.29 is 49.3 Å². The molecule has 3 aromatic carbocycles. The highest BCUT2D eigenvalue weighted by molar-refractivity contribution is 6.07. The number of carbonyl (C=O) groups is 1. The maximum Gasteiger partial charge on any atom is 0.263 e. The lowest BCUT2D eigenvalue weighted by atomic mass is 10.1. The Morgan fingerprint density at radius 3 is 2.10 bits per heavy atom. The number of hydrogen-bond acceptors (Lipinski definition) is 6. The summed E-state index contributed by atoms with van der Waals surface area (Å²) in [5, 5.41) is 0.290. The molecular formula is C40H49BrF2N4O5. The standard InChI is InChI=1S/C40H49F2N4O5.BrH/c1-4-12-44(31-22-29(41)21-30(42)23-31)40(48)37-28-45(32-24-34(49-2)26-35(25-32)50-3)38-27-33(10-11-36(38)39(37)47)51-20-9-7-5-6-8-16-46-17-13-43(14-18-46)15-19-46;/h10-11,21-28H,4-9,12-20H2,1-3H3;1H/q+1;/p-1. The number of carbonyl (C=O) groups excluding carboxylic acids is 1. The number of fused-ring (bicyclic) bond motifs is 4.